The van der Waals surface area contributed by atoms with E-state index in [-0.39, 0.29) is 23.2 Å². The maximum absolute atomic E-state index is 11.7. The first-order chi connectivity index (χ1) is 7.25. The smallest absolute Gasteiger partial charge is 0.185 e. The number of guanidine groups is 1. The third-order valence-electron chi connectivity index (χ3n) is 2.29. The fourth-order valence-electron chi connectivity index (χ4n) is 1.37. The number of nitrogens with two attached hydrogens (primary N) is 3. The highest BCUT2D eigenvalue weighted by Crippen LogP contribution is 2.18. The fraction of sp³-hybridized carbons (Fsp3) is 0.818. The van der Waals surface area contributed by atoms with Crippen LogP contribution in [0, 0.1) is 5.41 Å². The summed E-state index contributed by atoms with van der Waals surface area (Å²) in [5, 5.41) is 0. The summed E-state index contributed by atoms with van der Waals surface area (Å²) in [4.78, 5) is 15.6. The van der Waals surface area contributed by atoms with Crippen LogP contribution in [-0.2, 0) is 4.79 Å². The maximum atomic E-state index is 11.7. The summed E-state index contributed by atoms with van der Waals surface area (Å²) in [6.45, 7) is 6.25. The van der Waals surface area contributed by atoms with Crippen LogP contribution in [0.15, 0.2) is 4.99 Å². The normalized spacial score (nSPS) is 13.2. The number of nitrogens with zero attached hydrogens (tertiary/aromatic N) is 1. The Morgan fingerprint density at radius 1 is 1.25 bits per heavy atom. The Labute approximate surface area is 97.5 Å². The molecule has 0 aliphatic carbocycles. The second-order valence-electron chi connectivity index (χ2n) is 5.02. The minimum absolute atomic E-state index is 0.106. The van der Waals surface area contributed by atoms with Gasteiger partial charge in [0, 0.05) is 12.0 Å². The largest absolute Gasteiger partial charge is 0.370 e. The summed E-state index contributed by atoms with van der Waals surface area (Å²) < 4.78 is 0. The highest BCUT2D eigenvalue weighted by atomic mass is 16.1. The molecule has 0 aromatic heterocycles. The van der Waals surface area contributed by atoms with E-state index in [4.69, 9.17) is 17.2 Å². The zero-order chi connectivity index (χ0) is 12.8. The zero-order valence-electron chi connectivity index (χ0n) is 10.5. The first-order valence-electron chi connectivity index (χ1n) is 5.60. The van der Waals surface area contributed by atoms with Gasteiger partial charge in [-0.25, -0.2) is 0 Å². The number of carbonyl (C=O) groups excluding carboxylic acids is 1. The number of Topliss-reactive ketones (excluding diaryl/α,β-unsaturated/α-hetero) is 1. The van der Waals surface area contributed by atoms with Crippen LogP contribution in [0.1, 0.15) is 40.0 Å². The minimum atomic E-state index is -0.376. The van der Waals surface area contributed by atoms with E-state index in [1.807, 2.05) is 20.8 Å². The van der Waals surface area contributed by atoms with Gasteiger partial charge in [-0.3, -0.25) is 9.79 Å². The van der Waals surface area contributed by atoms with Crippen molar-refractivity contribution in [3.8, 4) is 0 Å². The van der Waals surface area contributed by atoms with E-state index in [0.717, 1.165) is 12.8 Å². The molecule has 0 amide bonds. The molecule has 0 saturated carbocycles. The van der Waals surface area contributed by atoms with E-state index in [9.17, 15) is 4.79 Å². The molecular weight excluding hydrogens is 204 g/mol. The molecule has 0 aliphatic rings. The predicted octanol–water partition coefficient (Wildman–Crippen LogP) is 0.373. The summed E-state index contributed by atoms with van der Waals surface area (Å²) in [5.41, 5.74) is 15.8. The molecule has 1 atom stereocenters. The van der Waals surface area contributed by atoms with Crippen molar-refractivity contribution in [2.75, 3.05) is 6.54 Å². The van der Waals surface area contributed by atoms with Crippen molar-refractivity contribution in [3.05, 3.63) is 0 Å². The topological polar surface area (TPSA) is 107 Å². The van der Waals surface area contributed by atoms with Crippen molar-refractivity contribution < 1.29 is 4.79 Å². The molecule has 0 unspecified atom stereocenters. The Hall–Kier alpha value is -1.10. The first-order valence-corrected chi connectivity index (χ1v) is 5.60. The van der Waals surface area contributed by atoms with Gasteiger partial charge in [-0.1, -0.05) is 20.8 Å². The summed E-state index contributed by atoms with van der Waals surface area (Å²) in [6, 6.07) is -0.376. The molecule has 16 heavy (non-hydrogen) atoms. The van der Waals surface area contributed by atoms with E-state index in [2.05, 4.69) is 4.99 Å². The first kappa shape index (κ1) is 14.9. The second kappa shape index (κ2) is 6.48. The summed E-state index contributed by atoms with van der Waals surface area (Å²) >= 11 is 0. The van der Waals surface area contributed by atoms with Gasteiger partial charge in [0.15, 0.2) is 11.7 Å². The van der Waals surface area contributed by atoms with Crippen molar-refractivity contribution >= 4 is 11.7 Å². The van der Waals surface area contributed by atoms with E-state index in [0.29, 0.717) is 13.0 Å². The van der Waals surface area contributed by atoms with Crippen LogP contribution < -0.4 is 17.2 Å². The molecule has 0 fully saturated rings. The lowest BCUT2D eigenvalue weighted by atomic mass is 9.85. The van der Waals surface area contributed by atoms with Gasteiger partial charge in [0.1, 0.15) is 0 Å². The van der Waals surface area contributed by atoms with Crippen LogP contribution in [0.2, 0.25) is 0 Å². The van der Waals surface area contributed by atoms with Gasteiger partial charge >= 0.3 is 0 Å². The minimum Gasteiger partial charge on any atom is -0.370 e. The second-order valence-corrected chi connectivity index (χ2v) is 5.02. The lowest BCUT2D eigenvalue weighted by Crippen LogP contribution is -2.38. The van der Waals surface area contributed by atoms with Crippen LogP contribution in [0.4, 0.5) is 0 Å². The standard InChI is InChI=1S/C11H24N4O/c1-11(2,3)9(16)8(12)6-4-5-7-15-10(13)14/h8H,4-7,12H2,1-3H3,(H4,13,14,15)/t8-/m1/s1. The number of ketones is 1. The SMILES string of the molecule is CC(C)(C)C(=O)[C@H](N)CCCCN=C(N)N. The van der Waals surface area contributed by atoms with Crippen LogP contribution in [0.3, 0.4) is 0 Å². The highest BCUT2D eigenvalue weighted by Gasteiger charge is 2.26. The van der Waals surface area contributed by atoms with Gasteiger partial charge in [0.25, 0.3) is 0 Å². The van der Waals surface area contributed by atoms with Gasteiger partial charge in [-0.2, -0.15) is 0 Å². The molecule has 5 nitrogen and oxygen atoms in total. The van der Waals surface area contributed by atoms with Crippen molar-refractivity contribution in [3.63, 3.8) is 0 Å². The molecule has 0 rings (SSSR count). The Morgan fingerprint density at radius 2 is 1.81 bits per heavy atom. The zero-order valence-corrected chi connectivity index (χ0v) is 10.5. The van der Waals surface area contributed by atoms with Gasteiger partial charge in [0.05, 0.1) is 6.04 Å². The molecule has 0 heterocycles. The highest BCUT2D eigenvalue weighted by molar-refractivity contribution is 5.88. The molecule has 0 saturated heterocycles. The summed E-state index contributed by atoms with van der Waals surface area (Å²) in [7, 11) is 0. The Morgan fingerprint density at radius 3 is 2.25 bits per heavy atom. The molecule has 6 N–H and O–H groups in total. The van der Waals surface area contributed by atoms with Crippen LogP contribution in [-0.4, -0.2) is 24.3 Å². The van der Waals surface area contributed by atoms with E-state index < -0.39 is 0 Å². The number of unbranched alkanes of at least 4 members (excludes halogenated alkanes) is 1. The molecule has 0 spiro atoms. The number of carbonyl (C=O) groups is 1. The Balaban J connectivity index is 3.78. The molecule has 5 heteroatoms. The molecule has 0 aromatic carbocycles. The van der Waals surface area contributed by atoms with E-state index >= 15 is 0 Å². The van der Waals surface area contributed by atoms with E-state index in [1.165, 1.54) is 0 Å². The Bertz CT molecular complexity index is 251. The number of hydrogen-bond acceptors (Lipinski definition) is 3. The Kier molecular flexibility index (Phi) is 6.03. The number of rotatable bonds is 6. The van der Waals surface area contributed by atoms with E-state index in [1.54, 1.807) is 0 Å². The lowest BCUT2D eigenvalue weighted by molar-refractivity contribution is -0.127. The average Bonchev–Trinajstić information content (AvgIpc) is 2.13. The molecular formula is C11H24N4O. The van der Waals surface area contributed by atoms with Gasteiger partial charge < -0.3 is 17.2 Å². The third kappa shape index (κ3) is 6.40. The fourth-order valence-corrected chi connectivity index (χ4v) is 1.37. The van der Waals surface area contributed by atoms with Crippen molar-refractivity contribution in [1.29, 1.82) is 0 Å². The van der Waals surface area contributed by atoms with Gasteiger partial charge in [-0.15, -0.1) is 0 Å². The van der Waals surface area contributed by atoms with Gasteiger partial charge in [0.2, 0.25) is 0 Å². The molecule has 0 aromatic rings. The van der Waals surface area contributed by atoms with Crippen molar-refractivity contribution in [1.82, 2.24) is 0 Å². The quantitative estimate of drug-likeness (QED) is 0.347. The summed E-state index contributed by atoms with van der Waals surface area (Å²) in [6.07, 6.45) is 2.40. The predicted molar refractivity (Wildman–Crippen MR) is 67.0 cm³/mol. The number of aliphatic imine (C=N–C) groups is 1. The van der Waals surface area contributed by atoms with Gasteiger partial charge in [-0.05, 0) is 19.3 Å². The molecule has 0 bridgehead atoms. The molecule has 0 aliphatic heterocycles. The molecule has 0 radical (unpaired) electrons. The third-order valence-corrected chi connectivity index (χ3v) is 2.29. The average molecular weight is 228 g/mol. The summed E-state index contributed by atoms with van der Waals surface area (Å²) in [5.74, 6) is 0.212. The number of hydrogen-bond donors (Lipinski definition) is 3. The molecule has 94 valence electrons. The van der Waals surface area contributed by atoms with Crippen LogP contribution in [0.25, 0.3) is 0 Å². The maximum Gasteiger partial charge on any atom is 0.185 e. The lowest BCUT2D eigenvalue weighted by Gasteiger charge is -2.21. The van der Waals surface area contributed by atoms with Crippen molar-refractivity contribution in [2.24, 2.45) is 27.6 Å². The monoisotopic (exact) mass is 228 g/mol. The van der Waals surface area contributed by atoms with Crippen LogP contribution in [0.5, 0.6) is 0 Å². The van der Waals surface area contributed by atoms with Crippen LogP contribution >= 0.6 is 0 Å². The van der Waals surface area contributed by atoms with Crippen molar-refractivity contribution in [2.45, 2.75) is 46.1 Å².